The predicted octanol–water partition coefficient (Wildman–Crippen LogP) is 7.13. The van der Waals surface area contributed by atoms with Crippen LogP contribution < -0.4 is 0 Å². The zero-order valence-corrected chi connectivity index (χ0v) is 30.0. The maximum Gasteiger partial charge on any atom is 0.315 e. The van der Waals surface area contributed by atoms with Crippen LogP contribution in [0.4, 0.5) is 0 Å². The first kappa shape index (κ1) is 33.4. The van der Waals surface area contributed by atoms with Gasteiger partial charge in [0.15, 0.2) is 0 Å². The summed E-state index contributed by atoms with van der Waals surface area (Å²) in [4.78, 5) is 46.5. The number of allylic oxidation sites excluding steroid dienone is 1. The molecule has 0 aromatic heterocycles. The van der Waals surface area contributed by atoms with Gasteiger partial charge in [-0.3, -0.25) is 14.5 Å². The van der Waals surface area contributed by atoms with Crippen molar-refractivity contribution in [3.8, 4) is 0 Å². The number of aldehydes is 1. The number of aliphatic carboxylic acids is 1. The van der Waals surface area contributed by atoms with E-state index in [1.54, 1.807) is 0 Å². The average molecular weight is 663 g/mol. The van der Waals surface area contributed by atoms with Crippen LogP contribution in [0.3, 0.4) is 0 Å². The van der Waals surface area contributed by atoms with Gasteiger partial charge in [-0.05, 0) is 112 Å². The lowest BCUT2D eigenvalue weighted by atomic mass is 9.41. The fraction of sp³-hybridized carbons (Fsp3) is 0.878. The maximum absolute atomic E-state index is 14.2. The molecule has 3 saturated heterocycles. The highest BCUT2D eigenvalue weighted by Crippen LogP contribution is 2.84. The number of ether oxygens (including phenoxy) is 1. The summed E-state index contributed by atoms with van der Waals surface area (Å²) in [5.74, 6) is 1.77. The number of carboxylic acids is 1. The van der Waals surface area contributed by atoms with Crippen LogP contribution in [-0.2, 0) is 19.1 Å². The van der Waals surface area contributed by atoms with Crippen LogP contribution in [0.5, 0.6) is 0 Å². The summed E-state index contributed by atoms with van der Waals surface area (Å²) in [5.41, 5.74) is -1.63. The van der Waals surface area contributed by atoms with E-state index in [1.165, 1.54) is 32.1 Å². The van der Waals surface area contributed by atoms with E-state index in [4.69, 9.17) is 4.74 Å². The summed E-state index contributed by atoms with van der Waals surface area (Å²) >= 11 is 0. The molecule has 0 aromatic rings. The second-order valence-electron chi connectivity index (χ2n) is 18.3. The van der Waals surface area contributed by atoms with Crippen molar-refractivity contribution in [1.29, 1.82) is 0 Å². The molecule has 4 saturated carbocycles. The summed E-state index contributed by atoms with van der Waals surface area (Å²) in [6, 6.07) is -0.0653. The van der Waals surface area contributed by atoms with Gasteiger partial charge in [-0.2, -0.15) is 0 Å². The van der Waals surface area contributed by atoms with Crippen LogP contribution in [0.15, 0.2) is 11.6 Å². The molecule has 0 spiro atoms. The molecule has 8 rings (SSSR count). The van der Waals surface area contributed by atoms with Crippen molar-refractivity contribution in [3.05, 3.63) is 11.6 Å². The Labute approximate surface area is 289 Å². The topological polar surface area (TPSA) is 87.2 Å². The molecule has 3 heterocycles. The lowest BCUT2D eigenvalue weighted by Crippen LogP contribution is -2.65. The van der Waals surface area contributed by atoms with Crippen LogP contribution in [0.2, 0.25) is 0 Å². The van der Waals surface area contributed by atoms with E-state index < -0.39 is 22.2 Å². The highest BCUT2D eigenvalue weighted by molar-refractivity contribution is 5.90. The summed E-state index contributed by atoms with van der Waals surface area (Å²) in [7, 11) is 0. The maximum atomic E-state index is 14.2. The predicted molar refractivity (Wildman–Crippen MR) is 185 cm³/mol. The van der Waals surface area contributed by atoms with Crippen molar-refractivity contribution in [2.75, 3.05) is 26.2 Å². The van der Waals surface area contributed by atoms with E-state index in [2.05, 4.69) is 36.6 Å². The Kier molecular flexibility index (Phi) is 8.70. The number of carbonyl (C=O) groups excluding carboxylic acids is 2. The first-order valence-electron chi connectivity index (χ1n) is 20.3. The number of carbonyl (C=O) groups is 3. The van der Waals surface area contributed by atoms with Crippen molar-refractivity contribution >= 4 is 18.2 Å². The minimum atomic E-state index is -1.19. The number of amides is 1. The molecule has 7 heteroatoms. The number of piperidine rings is 2. The second kappa shape index (κ2) is 12.5. The highest BCUT2D eigenvalue weighted by Gasteiger charge is 2.86. The first-order chi connectivity index (χ1) is 23.2. The molecule has 11 atom stereocenters. The lowest BCUT2D eigenvalue weighted by molar-refractivity contribution is -0.198. The minimum absolute atomic E-state index is 0.00238. The molecule has 8 aliphatic rings. The van der Waals surface area contributed by atoms with Gasteiger partial charge in [0.25, 0.3) is 0 Å². The number of nitrogens with zero attached hydrogens (tertiary/aromatic N) is 2. The molecule has 4 bridgehead atoms. The van der Waals surface area contributed by atoms with Crippen molar-refractivity contribution in [2.45, 2.75) is 142 Å². The second-order valence-corrected chi connectivity index (χ2v) is 18.3. The normalized spacial score (nSPS) is 45.9. The Hall–Kier alpha value is -1.73. The molecule has 0 radical (unpaired) electrons. The van der Waals surface area contributed by atoms with Crippen molar-refractivity contribution in [3.63, 3.8) is 0 Å². The third kappa shape index (κ3) is 4.60. The van der Waals surface area contributed by atoms with Crippen molar-refractivity contribution in [1.82, 2.24) is 9.80 Å². The Bertz CT molecular complexity index is 1300. The third-order valence-electron chi connectivity index (χ3n) is 16.0. The Morgan fingerprint density at radius 1 is 0.979 bits per heavy atom. The number of hydrogen-bond acceptors (Lipinski definition) is 5. The molecule has 3 unspecified atom stereocenters. The van der Waals surface area contributed by atoms with Crippen LogP contribution in [-0.4, -0.2) is 77.5 Å². The van der Waals surface area contributed by atoms with Crippen LogP contribution in [0, 0.1) is 57.7 Å². The van der Waals surface area contributed by atoms with E-state index in [-0.39, 0.29) is 36.0 Å². The summed E-state index contributed by atoms with van der Waals surface area (Å²) in [5, 5.41) is 11.7. The molecule has 48 heavy (non-hydrogen) atoms. The highest BCUT2D eigenvalue weighted by atomic mass is 16.5. The van der Waals surface area contributed by atoms with Gasteiger partial charge in [-0.1, -0.05) is 70.9 Å². The molecule has 0 aromatic carbocycles. The van der Waals surface area contributed by atoms with Gasteiger partial charge in [0.05, 0.1) is 23.7 Å². The summed E-state index contributed by atoms with van der Waals surface area (Å²) in [6.45, 7) is 10.1. The standard InChI is InChI=1S/C41H62N2O5/c1-26(2)33-21-30-22-39(25-44)32-15-14-27(3)31(32)23-40(30,41(33,39)38(46)47)36-20-29(19-28-11-5-6-12-28)35(48-36)24-43-18-10-7-13-34(43)37(45)42-16-8-4-9-17-42/h21,25-32,34-36H,4-20,22-24H2,1-3H3,(H,46,47)/t27-,29+,30?,31-,32-,34+,35+,36-,39?,40?,41+/m1/s1. The fourth-order valence-corrected chi connectivity index (χ4v) is 14.1. The van der Waals surface area contributed by atoms with E-state index in [0.717, 1.165) is 102 Å². The third-order valence-corrected chi connectivity index (χ3v) is 16.0. The van der Waals surface area contributed by atoms with Crippen LogP contribution in [0.25, 0.3) is 0 Å². The molecule has 266 valence electrons. The van der Waals surface area contributed by atoms with Gasteiger partial charge in [0, 0.05) is 25.0 Å². The SMILES string of the molecule is CC(C)C1=CC2CC3(C=O)[C@@H]4CC[C@@H](C)[C@H]4CC2([C@H]2C[C@H](CC4CCCC4)[C@H](CN4CCCC[C@H]4C(=O)N4CCCCC4)O2)[C@]13C(=O)O. The molecular formula is C41H62N2O5. The number of likely N-dealkylation sites (tertiary alicyclic amines) is 2. The van der Waals surface area contributed by atoms with Crippen LogP contribution >= 0.6 is 0 Å². The Balaban J connectivity index is 1.16. The van der Waals surface area contributed by atoms with Crippen molar-refractivity contribution in [2.24, 2.45) is 57.7 Å². The van der Waals surface area contributed by atoms with Gasteiger partial charge >= 0.3 is 5.97 Å². The molecule has 7 nitrogen and oxygen atoms in total. The zero-order valence-electron chi connectivity index (χ0n) is 30.0. The molecule has 1 amide bonds. The minimum Gasteiger partial charge on any atom is -0.481 e. The Morgan fingerprint density at radius 2 is 1.71 bits per heavy atom. The zero-order chi connectivity index (χ0) is 33.4. The molecule has 7 fully saturated rings. The average Bonchev–Trinajstić information content (AvgIpc) is 3.91. The van der Waals surface area contributed by atoms with Gasteiger partial charge in [-0.25, -0.2) is 0 Å². The monoisotopic (exact) mass is 662 g/mol. The fourth-order valence-electron chi connectivity index (χ4n) is 14.1. The molecule has 5 aliphatic carbocycles. The molecule has 1 N–H and O–H groups in total. The summed E-state index contributed by atoms with van der Waals surface area (Å²) in [6.07, 6.45) is 20.7. The molecule has 3 aliphatic heterocycles. The Morgan fingerprint density at radius 3 is 2.42 bits per heavy atom. The van der Waals surface area contributed by atoms with E-state index in [9.17, 15) is 19.5 Å². The van der Waals surface area contributed by atoms with Gasteiger partial charge in [0.2, 0.25) is 5.91 Å². The number of carboxylic acid groups (broad SMARTS) is 1. The molecular weight excluding hydrogens is 600 g/mol. The van der Waals surface area contributed by atoms with E-state index >= 15 is 0 Å². The number of rotatable bonds is 9. The first-order valence-corrected chi connectivity index (χ1v) is 20.3. The largest absolute Gasteiger partial charge is 0.481 e. The lowest BCUT2D eigenvalue weighted by Gasteiger charge is -2.60. The number of fused-ring (bicyclic) bond motifs is 2. The van der Waals surface area contributed by atoms with Crippen molar-refractivity contribution < 1.29 is 24.2 Å². The summed E-state index contributed by atoms with van der Waals surface area (Å²) < 4.78 is 7.50. The van der Waals surface area contributed by atoms with Crippen LogP contribution in [0.1, 0.15) is 124 Å². The smallest absolute Gasteiger partial charge is 0.315 e. The number of hydrogen-bond donors (Lipinski definition) is 1. The van der Waals surface area contributed by atoms with Gasteiger partial charge in [-0.15, -0.1) is 0 Å². The quantitative estimate of drug-likeness (QED) is 0.209. The van der Waals surface area contributed by atoms with Gasteiger partial charge in [0.1, 0.15) is 11.7 Å². The van der Waals surface area contributed by atoms with Gasteiger partial charge < -0.3 is 19.5 Å². The van der Waals surface area contributed by atoms with E-state index in [0.29, 0.717) is 36.0 Å². The van der Waals surface area contributed by atoms with E-state index in [1.807, 2.05) is 0 Å².